The van der Waals surface area contributed by atoms with E-state index in [4.69, 9.17) is 4.74 Å². The average molecular weight is 442 g/mol. The standard InChI is InChI=1S/C32H27NO/c1-22-9-8-14-32(23(22)2)34-27-18-15-24(16-19-27)25-17-20-31-29(21-25)28-12-6-7-13-30(28)33(31)26-10-4-3-5-11-26/h3-23H,1-2H3. The van der Waals surface area contributed by atoms with E-state index >= 15 is 0 Å². The number of aromatic nitrogens is 1. The zero-order valence-electron chi connectivity index (χ0n) is 19.5. The van der Waals surface area contributed by atoms with Gasteiger partial charge in [0, 0.05) is 22.4 Å². The van der Waals surface area contributed by atoms with E-state index in [-0.39, 0.29) is 0 Å². The first-order valence-electron chi connectivity index (χ1n) is 11.9. The summed E-state index contributed by atoms with van der Waals surface area (Å²) in [6.07, 6.45) is 6.40. The Kier molecular flexibility index (Phi) is 5.07. The molecule has 0 spiro atoms. The summed E-state index contributed by atoms with van der Waals surface area (Å²) in [7, 11) is 0. The largest absolute Gasteiger partial charge is 0.461 e. The maximum absolute atomic E-state index is 6.22. The summed E-state index contributed by atoms with van der Waals surface area (Å²) in [4.78, 5) is 0. The average Bonchev–Trinajstić information content (AvgIpc) is 3.21. The zero-order chi connectivity index (χ0) is 23.1. The Bertz CT molecular complexity index is 1540. The van der Waals surface area contributed by atoms with Crippen LogP contribution < -0.4 is 4.74 Å². The molecule has 1 aliphatic rings. The van der Waals surface area contributed by atoms with Gasteiger partial charge in [-0.25, -0.2) is 0 Å². The van der Waals surface area contributed by atoms with E-state index in [9.17, 15) is 0 Å². The lowest BCUT2D eigenvalue weighted by Crippen LogP contribution is -2.15. The van der Waals surface area contributed by atoms with Crippen LogP contribution in [0.4, 0.5) is 0 Å². The van der Waals surface area contributed by atoms with Crippen molar-refractivity contribution < 1.29 is 4.74 Å². The molecule has 34 heavy (non-hydrogen) atoms. The molecule has 6 rings (SSSR count). The van der Waals surface area contributed by atoms with Crippen LogP contribution in [-0.4, -0.2) is 4.57 Å². The first kappa shape index (κ1) is 20.6. The van der Waals surface area contributed by atoms with Crippen LogP contribution in [0.5, 0.6) is 5.75 Å². The number of fused-ring (bicyclic) bond motifs is 3. The second-order valence-electron chi connectivity index (χ2n) is 9.15. The Labute approximate surface area is 200 Å². The van der Waals surface area contributed by atoms with Crippen molar-refractivity contribution in [3.05, 3.63) is 121 Å². The first-order valence-corrected chi connectivity index (χ1v) is 11.9. The molecule has 0 amide bonds. The van der Waals surface area contributed by atoms with E-state index in [0.29, 0.717) is 11.8 Å². The van der Waals surface area contributed by atoms with Gasteiger partial charge in [0.1, 0.15) is 11.5 Å². The molecule has 5 aromatic rings. The van der Waals surface area contributed by atoms with Crippen LogP contribution in [0, 0.1) is 11.8 Å². The molecule has 4 aromatic carbocycles. The fraction of sp³-hybridized carbons (Fsp3) is 0.125. The van der Waals surface area contributed by atoms with Crippen molar-refractivity contribution in [1.82, 2.24) is 4.57 Å². The third-order valence-corrected chi connectivity index (χ3v) is 7.02. The van der Waals surface area contributed by atoms with Gasteiger partial charge in [-0.1, -0.05) is 80.6 Å². The van der Waals surface area contributed by atoms with Crippen LogP contribution in [0.25, 0.3) is 38.6 Å². The SMILES string of the molecule is CC1C=CC=C(Oc2ccc(-c3ccc4c(c3)c3ccccc3n4-c3ccccc3)cc2)C1C. The third kappa shape index (κ3) is 3.52. The van der Waals surface area contributed by atoms with Gasteiger partial charge in [-0.2, -0.15) is 0 Å². The lowest BCUT2D eigenvalue weighted by molar-refractivity contribution is 0.322. The van der Waals surface area contributed by atoms with E-state index in [1.807, 2.05) is 0 Å². The van der Waals surface area contributed by atoms with Gasteiger partial charge in [-0.15, -0.1) is 0 Å². The molecule has 0 bridgehead atoms. The van der Waals surface area contributed by atoms with Gasteiger partial charge in [-0.3, -0.25) is 0 Å². The van der Waals surface area contributed by atoms with Gasteiger partial charge in [-0.05, 0) is 65.6 Å². The van der Waals surface area contributed by atoms with Crippen molar-refractivity contribution in [2.45, 2.75) is 13.8 Å². The lowest BCUT2D eigenvalue weighted by Gasteiger charge is -2.23. The smallest absolute Gasteiger partial charge is 0.126 e. The Morgan fingerprint density at radius 2 is 1.38 bits per heavy atom. The summed E-state index contributed by atoms with van der Waals surface area (Å²) in [5.41, 5.74) is 6.01. The zero-order valence-corrected chi connectivity index (χ0v) is 19.5. The van der Waals surface area contributed by atoms with Crippen molar-refractivity contribution in [3.8, 4) is 22.6 Å². The molecule has 2 atom stereocenters. The highest BCUT2D eigenvalue weighted by molar-refractivity contribution is 6.10. The fourth-order valence-electron chi connectivity index (χ4n) is 4.89. The van der Waals surface area contributed by atoms with Crippen molar-refractivity contribution in [3.63, 3.8) is 0 Å². The van der Waals surface area contributed by atoms with Crippen molar-refractivity contribution in [2.24, 2.45) is 11.8 Å². The Balaban J connectivity index is 1.38. The Morgan fingerprint density at radius 1 is 0.676 bits per heavy atom. The quantitative estimate of drug-likeness (QED) is 0.272. The van der Waals surface area contributed by atoms with Crippen molar-refractivity contribution >= 4 is 21.8 Å². The summed E-state index contributed by atoms with van der Waals surface area (Å²) in [5.74, 6) is 2.78. The predicted octanol–water partition coefficient (Wildman–Crippen LogP) is 8.56. The van der Waals surface area contributed by atoms with Gasteiger partial charge in [0.2, 0.25) is 0 Å². The molecule has 0 aliphatic heterocycles. The second kappa shape index (κ2) is 8.39. The molecule has 1 aliphatic carbocycles. The van der Waals surface area contributed by atoms with Crippen LogP contribution in [0.15, 0.2) is 121 Å². The molecular weight excluding hydrogens is 414 g/mol. The number of hydrogen-bond acceptors (Lipinski definition) is 1. The van der Waals surface area contributed by atoms with Crippen LogP contribution in [0.2, 0.25) is 0 Å². The number of para-hydroxylation sites is 2. The van der Waals surface area contributed by atoms with Crippen LogP contribution in [0.1, 0.15) is 13.8 Å². The number of rotatable bonds is 4. The second-order valence-corrected chi connectivity index (χ2v) is 9.15. The van der Waals surface area contributed by atoms with E-state index in [2.05, 4.69) is 134 Å². The van der Waals surface area contributed by atoms with Gasteiger partial charge in [0.15, 0.2) is 0 Å². The molecule has 0 N–H and O–H groups in total. The molecule has 166 valence electrons. The van der Waals surface area contributed by atoms with Crippen LogP contribution in [0.3, 0.4) is 0 Å². The molecular formula is C32H27NO. The number of nitrogens with zero attached hydrogens (tertiary/aromatic N) is 1. The minimum Gasteiger partial charge on any atom is -0.461 e. The van der Waals surface area contributed by atoms with E-state index in [1.54, 1.807) is 0 Å². The Morgan fingerprint density at radius 3 is 2.21 bits per heavy atom. The topological polar surface area (TPSA) is 14.2 Å². The van der Waals surface area contributed by atoms with Gasteiger partial charge < -0.3 is 9.30 Å². The summed E-state index contributed by atoms with van der Waals surface area (Å²) >= 11 is 0. The molecule has 1 aromatic heterocycles. The summed E-state index contributed by atoms with van der Waals surface area (Å²) < 4.78 is 8.56. The number of hydrogen-bond donors (Lipinski definition) is 0. The number of ether oxygens (including phenoxy) is 1. The van der Waals surface area contributed by atoms with Gasteiger partial charge in [0.25, 0.3) is 0 Å². The molecule has 1 heterocycles. The molecule has 2 nitrogen and oxygen atoms in total. The minimum absolute atomic E-state index is 0.383. The first-order chi connectivity index (χ1) is 16.7. The molecule has 0 saturated heterocycles. The third-order valence-electron chi connectivity index (χ3n) is 7.02. The summed E-state index contributed by atoms with van der Waals surface area (Å²) in [6.45, 7) is 4.45. The maximum Gasteiger partial charge on any atom is 0.126 e. The number of benzene rings is 4. The van der Waals surface area contributed by atoms with Crippen LogP contribution >= 0.6 is 0 Å². The van der Waals surface area contributed by atoms with Crippen molar-refractivity contribution in [1.29, 1.82) is 0 Å². The fourth-order valence-corrected chi connectivity index (χ4v) is 4.89. The highest BCUT2D eigenvalue weighted by Crippen LogP contribution is 2.35. The van der Waals surface area contributed by atoms with Gasteiger partial charge >= 0.3 is 0 Å². The molecule has 2 heteroatoms. The Hall–Kier alpha value is -4.04. The molecule has 0 saturated carbocycles. The monoisotopic (exact) mass is 441 g/mol. The lowest BCUT2D eigenvalue weighted by atomic mass is 9.90. The normalized spacial score (nSPS) is 17.8. The van der Waals surface area contributed by atoms with Crippen LogP contribution in [-0.2, 0) is 0 Å². The van der Waals surface area contributed by atoms with Crippen molar-refractivity contribution in [2.75, 3.05) is 0 Å². The minimum atomic E-state index is 0.383. The molecule has 0 radical (unpaired) electrons. The molecule has 0 fully saturated rings. The van der Waals surface area contributed by atoms with E-state index < -0.39 is 0 Å². The summed E-state index contributed by atoms with van der Waals surface area (Å²) in [6, 6.07) is 34.4. The molecule has 2 unspecified atom stereocenters. The maximum atomic E-state index is 6.22. The summed E-state index contributed by atoms with van der Waals surface area (Å²) in [5, 5.41) is 2.53. The highest BCUT2D eigenvalue weighted by atomic mass is 16.5. The predicted molar refractivity (Wildman–Crippen MR) is 142 cm³/mol. The van der Waals surface area contributed by atoms with E-state index in [1.165, 1.54) is 38.6 Å². The van der Waals surface area contributed by atoms with E-state index in [0.717, 1.165) is 11.5 Å². The van der Waals surface area contributed by atoms with Gasteiger partial charge in [0.05, 0.1) is 11.0 Å². The highest BCUT2D eigenvalue weighted by Gasteiger charge is 2.19. The number of allylic oxidation sites excluding steroid dienone is 4.